The third kappa shape index (κ3) is 3.87. The fourth-order valence-corrected chi connectivity index (χ4v) is 2.86. The van der Waals surface area contributed by atoms with Gasteiger partial charge in [0, 0.05) is 19.7 Å². The van der Waals surface area contributed by atoms with E-state index in [1.165, 1.54) is 0 Å². The van der Waals surface area contributed by atoms with Crippen LogP contribution >= 0.6 is 31.9 Å². The Kier molecular flexibility index (Phi) is 4.91. The minimum atomic E-state index is -1.55. The fraction of sp³-hybridized carbons (Fsp3) is 0. The van der Waals surface area contributed by atoms with E-state index in [1.54, 1.807) is 18.4 Å². The lowest BCUT2D eigenvalue weighted by atomic mass is 9.88. The van der Waals surface area contributed by atoms with Gasteiger partial charge in [-0.2, -0.15) is 0 Å². The molecule has 2 N–H and O–H groups in total. The summed E-state index contributed by atoms with van der Waals surface area (Å²) in [5, 5.41) is 19.7. The Bertz CT molecular complexity index is 945. The first-order chi connectivity index (χ1) is 11.0. The van der Waals surface area contributed by atoms with Crippen molar-refractivity contribution >= 4 is 66.6 Å². The van der Waals surface area contributed by atoms with Crippen molar-refractivity contribution in [1.29, 1.82) is 0 Å². The molecule has 0 amide bonds. The summed E-state index contributed by atoms with van der Waals surface area (Å²) >= 11 is 6.69. The molecule has 0 aliphatic heterocycles. The van der Waals surface area contributed by atoms with Gasteiger partial charge in [0.2, 0.25) is 0 Å². The van der Waals surface area contributed by atoms with Crippen LogP contribution < -0.4 is 5.66 Å². The Balaban J connectivity index is 0.000000140. The molecule has 2 heterocycles. The Hall–Kier alpha value is -1.54. The van der Waals surface area contributed by atoms with E-state index < -0.39 is 7.12 Å². The van der Waals surface area contributed by atoms with E-state index in [9.17, 15) is 0 Å². The number of benzene rings is 2. The van der Waals surface area contributed by atoms with Crippen LogP contribution in [0.25, 0.3) is 21.9 Å². The number of fused-ring (bicyclic) bond motifs is 2. The molecule has 0 atom stereocenters. The number of halogens is 2. The van der Waals surface area contributed by atoms with E-state index in [1.807, 2.05) is 36.4 Å². The minimum absolute atomic E-state index is 0.160. The molecule has 116 valence electrons. The van der Waals surface area contributed by atoms with E-state index in [2.05, 4.69) is 31.9 Å². The number of hydrogen-bond acceptors (Lipinski definition) is 4. The molecule has 0 spiro atoms. The fourth-order valence-electron chi connectivity index (χ4n) is 2.10. The zero-order chi connectivity index (χ0) is 16.4. The van der Waals surface area contributed by atoms with Crippen molar-refractivity contribution in [2.45, 2.75) is 0 Å². The van der Waals surface area contributed by atoms with Gasteiger partial charge in [0.15, 0.2) is 0 Å². The molecule has 0 saturated carbocycles. The highest BCUT2D eigenvalue weighted by molar-refractivity contribution is 9.10. The molecular weight excluding hydrogens is 427 g/mol. The van der Waals surface area contributed by atoms with Crippen molar-refractivity contribution in [2.75, 3.05) is 0 Å². The summed E-state index contributed by atoms with van der Waals surface area (Å²) in [4.78, 5) is 0. The Morgan fingerprint density at radius 2 is 1.43 bits per heavy atom. The first-order valence-electron chi connectivity index (χ1n) is 6.71. The van der Waals surface area contributed by atoms with E-state index in [-0.39, 0.29) is 5.66 Å². The van der Waals surface area contributed by atoms with Crippen LogP contribution in [0, 0.1) is 0 Å². The lowest BCUT2D eigenvalue weighted by Crippen LogP contribution is -2.27. The van der Waals surface area contributed by atoms with Crippen LogP contribution in [0.5, 0.6) is 0 Å². The SMILES string of the molecule is Brc1ccc2occc2c1.OB(O)c1cc2cc(Br)ccc2o1. The molecule has 23 heavy (non-hydrogen) atoms. The van der Waals surface area contributed by atoms with Crippen LogP contribution in [0.1, 0.15) is 0 Å². The van der Waals surface area contributed by atoms with Crippen molar-refractivity contribution < 1.29 is 18.9 Å². The van der Waals surface area contributed by atoms with Gasteiger partial charge in [0.25, 0.3) is 0 Å². The number of rotatable bonds is 1. The van der Waals surface area contributed by atoms with Crippen LogP contribution in [0.15, 0.2) is 72.6 Å². The molecule has 0 aliphatic carbocycles. The molecular formula is C16H11BBr2O4. The third-order valence-electron chi connectivity index (χ3n) is 3.17. The Morgan fingerprint density at radius 3 is 2.13 bits per heavy atom. The summed E-state index contributed by atoms with van der Waals surface area (Å²) in [6.45, 7) is 0. The van der Waals surface area contributed by atoms with Crippen LogP contribution in [0.3, 0.4) is 0 Å². The van der Waals surface area contributed by atoms with Gasteiger partial charge >= 0.3 is 7.12 Å². The zero-order valence-corrected chi connectivity index (χ0v) is 14.9. The van der Waals surface area contributed by atoms with E-state index in [0.717, 1.165) is 25.3 Å². The van der Waals surface area contributed by atoms with Gasteiger partial charge in [-0.05, 0) is 48.5 Å². The molecule has 0 radical (unpaired) electrons. The average molecular weight is 438 g/mol. The molecule has 0 aliphatic rings. The Labute approximate surface area is 149 Å². The lowest BCUT2D eigenvalue weighted by molar-refractivity contribution is 0.412. The molecule has 4 aromatic rings. The van der Waals surface area contributed by atoms with Gasteiger partial charge in [-0.1, -0.05) is 31.9 Å². The normalized spacial score (nSPS) is 10.6. The highest BCUT2D eigenvalue weighted by Gasteiger charge is 2.16. The maximum atomic E-state index is 8.84. The van der Waals surface area contributed by atoms with Crippen molar-refractivity contribution in [3.05, 3.63) is 63.7 Å². The summed E-state index contributed by atoms with van der Waals surface area (Å²) < 4.78 is 12.3. The van der Waals surface area contributed by atoms with Crippen LogP contribution in [-0.4, -0.2) is 17.2 Å². The van der Waals surface area contributed by atoms with Crippen molar-refractivity contribution in [2.24, 2.45) is 0 Å². The molecule has 7 heteroatoms. The quantitative estimate of drug-likeness (QED) is 0.440. The van der Waals surface area contributed by atoms with Crippen molar-refractivity contribution in [3.8, 4) is 0 Å². The third-order valence-corrected chi connectivity index (χ3v) is 4.15. The predicted octanol–water partition coefficient (Wildman–Crippen LogP) is 4.07. The summed E-state index contributed by atoms with van der Waals surface area (Å²) in [5.41, 5.74) is 1.74. The average Bonchev–Trinajstić information content (AvgIpc) is 3.12. The van der Waals surface area contributed by atoms with Gasteiger partial charge in [0.1, 0.15) is 16.8 Å². The van der Waals surface area contributed by atoms with Gasteiger partial charge in [-0.3, -0.25) is 0 Å². The van der Waals surface area contributed by atoms with Gasteiger partial charge < -0.3 is 18.9 Å². The van der Waals surface area contributed by atoms with Crippen LogP contribution in [0.2, 0.25) is 0 Å². The number of furan rings is 2. The standard InChI is InChI=1S/C8H6BBrO3.C8H5BrO/c10-6-1-2-7-5(3-6)4-8(13-7)9(11)12;9-7-1-2-8-6(5-7)3-4-10-8/h1-4,11-12H;1-5H. The second-order valence-electron chi connectivity index (χ2n) is 4.81. The van der Waals surface area contributed by atoms with E-state index >= 15 is 0 Å². The topological polar surface area (TPSA) is 66.7 Å². The first-order valence-corrected chi connectivity index (χ1v) is 8.29. The van der Waals surface area contributed by atoms with Gasteiger partial charge in [-0.25, -0.2) is 0 Å². The van der Waals surface area contributed by atoms with Gasteiger partial charge in [-0.15, -0.1) is 0 Å². The zero-order valence-electron chi connectivity index (χ0n) is 11.7. The molecule has 4 nitrogen and oxygen atoms in total. The highest BCUT2D eigenvalue weighted by Crippen LogP contribution is 2.20. The molecule has 0 saturated heterocycles. The van der Waals surface area contributed by atoms with Crippen molar-refractivity contribution in [3.63, 3.8) is 0 Å². The van der Waals surface area contributed by atoms with E-state index in [0.29, 0.717) is 5.58 Å². The van der Waals surface area contributed by atoms with E-state index in [4.69, 9.17) is 18.9 Å². The summed E-state index contributed by atoms with van der Waals surface area (Å²) in [7, 11) is -1.55. The maximum absolute atomic E-state index is 8.84. The molecule has 2 aromatic heterocycles. The number of hydrogen-bond donors (Lipinski definition) is 2. The monoisotopic (exact) mass is 436 g/mol. The molecule has 4 rings (SSSR count). The minimum Gasteiger partial charge on any atom is -0.465 e. The highest BCUT2D eigenvalue weighted by atomic mass is 79.9. The van der Waals surface area contributed by atoms with Crippen molar-refractivity contribution in [1.82, 2.24) is 0 Å². The second kappa shape index (κ2) is 6.92. The first kappa shape index (κ1) is 16.3. The Morgan fingerprint density at radius 1 is 0.783 bits per heavy atom. The molecule has 2 aromatic carbocycles. The molecule has 0 fully saturated rings. The van der Waals surface area contributed by atoms with Gasteiger partial charge in [0.05, 0.1) is 6.26 Å². The summed E-state index contributed by atoms with van der Waals surface area (Å²) in [5.74, 6) is 0. The molecule has 0 bridgehead atoms. The molecule has 0 unspecified atom stereocenters. The lowest BCUT2D eigenvalue weighted by Gasteiger charge is -1.89. The maximum Gasteiger partial charge on any atom is 0.526 e. The second-order valence-corrected chi connectivity index (χ2v) is 6.64. The summed E-state index contributed by atoms with van der Waals surface area (Å²) in [6, 6.07) is 14.9. The summed E-state index contributed by atoms with van der Waals surface area (Å²) in [6.07, 6.45) is 1.69. The largest absolute Gasteiger partial charge is 0.526 e. The smallest absolute Gasteiger partial charge is 0.465 e. The van der Waals surface area contributed by atoms with Crippen LogP contribution in [-0.2, 0) is 0 Å². The van der Waals surface area contributed by atoms with Crippen LogP contribution in [0.4, 0.5) is 0 Å². The predicted molar refractivity (Wildman–Crippen MR) is 97.7 cm³/mol.